The molecular formula is C18H14ClFN4O2. The molecule has 0 aliphatic carbocycles. The first-order valence-corrected chi connectivity index (χ1v) is 7.92. The van der Waals surface area contributed by atoms with Crippen molar-refractivity contribution in [1.29, 1.82) is 0 Å². The van der Waals surface area contributed by atoms with Gasteiger partial charge in [-0.15, -0.1) is 0 Å². The van der Waals surface area contributed by atoms with Crippen molar-refractivity contribution in [3.05, 3.63) is 71.4 Å². The Morgan fingerprint density at radius 1 is 1.12 bits per heavy atom. The lowest BCUT2D eigenvalue weighted by Crippen LogP contribution is -2.14. The lowest BCUT2D eigenvalue weighted by molar-refractivity contribution is 0.102. The van der Waals surface area contributed by atoms with Gasteiger partial charge < -0.3 is 15.4 Å². The van der Waals surface area contributed by atoms with Gasteiger partial charge in [0.2, 0.25) is 0 Å². The molecule has 2 aromatic carbocycles. The molecule has 0 bridgehead atoms. The first kappa shape index (κ1) is 17.6. The zero-order valence-electron chi connectivity index (χ0n) is 13.7. The number of nitrogens with one attached hydrogen (secondary N) is 2. The molecular weight excluding hydrogens is 359 g/mol. The van der Waals surface area contributed by atoms with E-state index in [9.17, 15) is 9.18 Å². The van der Waals surface area contributed by atoms with Gasteiger partial charge in [0.1, 0.15) is 23.1 Å². The number of methoxy groups -OCH3 is 1. The molecule has 0 saturated carbocycles. The molecule has 1 amide bonds. The van der Waals surface area contributed by atoms with Gasteiger partial charge in [0.05, 0.1) is 24.5 Å². The van der Waals surface area contributed by atoms with Crippen molar-refractivity contribution >= 4 is 34.7 Å². The number of anilines is 3. The number of aromatic nitrogens is 2. The van der Waals surface area contributed by atoms with Gasteiger partial charge in [0.25, 0.3) is 5.91 Å². The summed E-state index contributed by atoms with van der Waals surface area (Å²) in [5.41, 5.74) is 1.29. The molecule has 0 fully saturated rings. The highest BCUT2D eigenvalue weighted by atomic mass is 35.5. The summed E-state index contributed by atoms with van der Waals surface area (Å²) in [5, 5.41) is 5.64. The van der Waals surface area contributed by atoms with E-state index >= 15 is 0 Å². The van der Waals surface area contributed by atoms with Crippen LogP contribution in [0.4, 0.5) is 21.6 Å². The van der Waals surface area contributed by atoms with Crippen LogP contribution in [0.5, 0.6) is 5.75 Å². The van der Waals surface area contributed by atoms with Crippen LogP contribution in [-0.4, -0.2) is 23.0 Å². The second kappa shape index (κ2) is 7.79. The van der Waals surface area contributed by atoms with Crippen molar-refractivity contribution in [2.24, 2.45) is 0 Å². The van der Waals surface area contributed by atoms with Gasteiger partial charge in [-0.25, -0.2) is 14.4 Å². The van der Waals surface area contributed by atoms with Crippen LogP contribution in [0.15, 0.2) is 54.9 Å². The predicted molar refractivity (Wildman–Crippen MR) is 97.7 cm³/mol. The van der Waals surface area contributed by atoms with E-state index in [2.05, 4.69) is 20.6 Å². The van der Waals surface area contributed by atoms with Crippen molar-refractivity contribution in [3.8, 4) is 5.75 Å². The Morgan fingerprint density at radius 3 is 2.65 bits per heavy atom. The number of ether oxygens (including phenoxy) is 1. The third-order valence-electron chi connectivity index (χ3n) is 3.40. The normalized spacial score (nSPS) is 10.3. The molecule has 132 valence electrons. The van der Waals surface area contributed by atoms with Gasteiger partial charge in [0.15, 0.2) is 0 Å². The number of hydrogen-bond acceptors (Lipinski definition) is 5. The topological polar surface area (TPSA) is 76.1 Å². The molecule has 0 aliphatic rings. The Kier molecular flexibility index (Phi) is 5.28. The minimum absolute atomic E-state index is 0.00255. The van der Waals surface area contributed by atoms with Crippen LogP contribution in [-0.2, 0) is 0 Å². The second-order valence-corrected chi connectivity index (χ2v) is 5.63. The van der Waals surface area contributed by atoms with E-state index in [0.717, 1.165) is 0 Å². The quantitative estimate of drug-likeness (QED) is 0.699. The Morgan fingerprint density at radius 2 is 1.96 bits per heavy atom. The predicted octanol–water partition coefficient (Wildman–Crippen LogP) is 4.27. The SMILES string of the molecule is COc1cccc(NC(=O)c2cnc(Nc3ccc(F)c(Cl)c3)cn2)c1. The molecule has 1 heterocycles. The highest BCUT2D eigenvalue weighted by Gasteiger charge is 2.09. The van der Waals surface area contributed by atoms with E-state index in [0.29, 0.717) is 22.9 Å². The summed E-state index contributed by atoms with van der Waals surface area (Å²) in [6.07, 6.45) is 2.74. The zero-order chi connectivity index (χ0) is 18.5. The van der Waals surface area contributed by atoms with Crippen molar-refractivity contribution in [1.82, 2.24) is 9.97 Å². The van der Waals surface area contributed by atoms with Crippen LogP contribution in [0, 0.1) is 5.82 Å². The third kappa shape index (κ3) is 4.25. The molecule has 0 radical (unpaired) electrons. The smallest absolute Gasteiger partial charge is 0.275 e. The number of nitrogens with zero attached hydrogens (tertiary/aromatic N) is 2. The minimum atomic E-state index is -0.507. The summed E-state index contributed by atoms with van der Waals surface area (Å²) in [7, 11) is 1.55. The average Bonchev–Trinajstić information content (AvgIpc) is 2.65. The molecule has 0 atom stereocenters. The average molecular weight is 373 g/mol. The maximum atomic E-state index is 13.2. The summed E-state index contributed by atoms with van der Waals surface area (Å²) in [4.78, 5) is 20.4. The Labute approximate surface area is 154 Å². The van der Waals surface area contributed by atoms with Gasteiger partial charge in [-0.3, -0.25) is 4.79 Å². The number of benzene rings is 2. The fourth-order valence-electron chi connectivity index (χ4n) is 2.13. The molecule has 26 heavy (non-hydrogen) atoms. The fourth-order valence-corrected chi connectivity index (χ4v) is 2.31. The maximum Gasteiger partial charge on any atom is 0.275 e. The molecule has 0 aliphatic heterocycles. The second-order valence-electron chi connectivity index (χ2n) is 5.23. The van der Waals surface area contributed by atoms with Gasteiger partial charge in [-0.1, -0.05) is 17.7 Å². The first-order valence-electron chi connectivity index (χ1n) is 7.54. The van der Waals surface area contributed by atoms with Gasteiger partial charge in [-0.05, 0) is 30.3 Å². The monoisotopic (exact) mass is 372 g/mol. The van der Waals surface area contributed by atoms with Gasteiger partial charge in [0, 0.05) is 17.4 Å². The number of halogens is 2. The first-order chi connectivity index (χ1) is 12.5. The fraction of sp³-hybridized carbons (Fsp3) is 0.0556. The van der Waals surface area contributed by atoms with Crippen LogP contribution in [0.3, 0.4) is 0 Å². The highest BCUT2D eigenvalue weighted by Crippen LogP contribution is 2.22. The van der Waals surface area contributed by atoms with E-state index in [4.69, 9.17) is 16.3 Å². The molecule has 1 aromatic heterocycles. The Hall–Kier alpha value is -3.19. The van der Waals surface area contributed by atoms with Crippen molar-refractivity contribution in [2.75, 3.05) is 17.7 Å². The largest absolute Gasteiger partial charge is 0.497 e. The summed E-state index contributed by atoms with van der Waals surface area (Å²) in [6.45, 7) is 0. The van der Waals surface area contributed by atoms with E-state index in [-0.39, 0.29) is 10.7 Å². The summed E-state index contributed by atoms with van der Waals surface area (Å²) in [6, 6.07) is 11.2. The Bertz CT molecular complexity index is 935. The number of carbonyl (C=O) groups is 1. The third-order valence-corrected chi connectivity index (χ3v) is 3.69. The van der Waals surface area contributed by atoms with Crippen LogP contribution in [0.2, 0.25) is 5.02 Å². The van der Waals surface area contributed by atoms with E-state index < -0.39 is 11.7 Å². The van der Waals surface area contributed by atoms with Gasteiger partial charge >= 0.3 is 0 Å². The molecule has 0 unspecified atom stereocenters. The number of hydrogen-bond donors (Lipinski definition) is 2. The molecule has 2 N–H and O–H groups in total. The molecule has 3 aromatic rings. The van der Waals surface area contributed by atoms with E-state index in [1.54, 1.807) is 31.4 Å². The lowest BCUT2D eigenvalue weighted by atomic mass is 10.3. The zero-order valence-corrected chi connectivity index (χ0v) is 14.4. The Balaban J connectivity index is 1.68. The molecule has 8 heteroatoms. The lowest BCUT2D eigenvalue weighted by Gasteiger charge is -2.08. The van der Waals surface area contributed by atoms with Crippen LogP contribution < -0.4 is 15.4 Å². The summed E-state index contributed by atoms with van der Waals surface area (Å²) >= 11 is 5.73. The van der Waals surface area contributed by atoms with Crippen LogP contribution in [0.25, 0.3) is 0 Å². The van der Waals surface area contributed by atoms with E-state index in [1.165, 1.54) is 30.6 Å². The maximum absolute atomic E-state index is 13.2. The number of carbonyl (C=O) groups excluding carboxylic acids is 1. The minimum Gasteiger partial charge on any atom is -0.497 e. The summed E-state index contributed by atoms with van der Waals surface area (Å²) in [5.74, 6) is 0.118. The van der Waals surface area contributed by atoms with Crippen LogP contribution >= 0.6 is 11.6 Å². The summed E-state index contributed by atoms with van der Waals surface area (Å²) < 4.78 is 18.3. The molecule has 6 nitrogen and oxygen atoms in total. The molecule has 0 spiro atoms. The van der Waals surface area contributed by atoms with Gasteiger partial charge in [-0.2, -0.15) is 0 Å². The molecule has 0 saturated heterocycles. The number of amides is 1. The number of rotatable bonds is 5. The van der Waals surface area contributed by atoms with Crippen molar-refractivity contribution in [3.63, 3.8) is 0 Å². The standard InChI is InChI=1S/C18H14ClFN4O2/c1-26-13-4-2-3-11(7-13)24-18(25)16-9-22-17(10-21-16)23-12-5-6-15(20)14(19)8-12/h2-10H,1H3,(H,22,23)(H,24,25). The highest BCUT2D eigenvalue weighted by molar-refractivity contribution is 6.31. The van der Waals surface area contributed by atoms with E-state index in [1.807, 2.05) is 0 Å². The molecule has 3 rings (SSSR count). The van der Waals surface area contributed by atoms with Crippen LogP contribution in [0.1, 0.15) is 10.5 Å². The van der Waals surface area contributed by atoms with Crippen molar-refractivity contribution < 1.29 is 13.9 Å². The van der Waals surface area contributed by atoms with Crippen molar-refractivity contribution in [2.45, 2.75) is 0 Å².